The van der Waals surface area contributed by atoms with Gasteiger partial charge in [-0.1, -0.05) is 6.42 Å². The highest BCUT2D eigenvalue weighted by Gasteiger charge is 2.40. The Bertz CT molecular complexity index is 213. The normalized spacial score (nSPS) is 39.4. The molecule has 0 bridgehead atoms. The molecule has 94 valence electrons. The van der Waals surface area contributed by atoms with Crippen LogP contribution in [0.25, 0.3) is 0 Å². The molecule has 3 nitrogen and oxygen atoms in total. The van der Waals surface area contributed by atoms with Gasteiger partial charge < -0.3 is 14.6 Å². The molecule has 2 heterocycles. The molecule has 2 aliphatic rings. The van der Waals surface area contributed by atoms with Crippen LogP contribution in [-0.2, 0) is 9.47 Å². The summed E-state index contributed by atoms with van der Waals surface area (Å²) in [6, 6.07) is 0. The third-order valence-electron chi connectivity index (χ3n) is 4.37. The van der Waals surface area contributed by atoms with Gasteiger partial charge in [-0.15, -0.1) is 0 Å². The van der Waals surface area contributed by atoms with Crippen LogP contribution in [0.4, 0.5) is 0 Å². The smallest absolute Gasteiger partial charge is 0.0625 e. The van der Waals surface area contributed by atoms with Gasteiger partial charge in [0.2, 0.25) is 0 Å². The molecule has 1 N–H and O–H groups in total. The van der Waals surface area contributed by atoms with Gasteiger partial charge in [-0.3, -0.25) is 0 Å². The van der Waals surface area contributed by atoms with Crippen molar-refractivity contribution in [2.75, 3.05) is 19.8 Å². The van der Waals surface area contributed by atoms with Gasteiger partial charge in [0, 0.05) is 18.6 Å². The Morgan fingerprint density at radius 1 is 1.31 bits per heavy atom. The Morgan fingerprint density at radius 2 is 2.19 bits per heavy atom. The summed E-state index contributed by atoms with van der Waals surface area (Å²) in [5.74, 6) is 0. The maximum absolute atomic E-state index is 9.57. The predicted molar refractivity (Wildman–Crippen MR) is 62.4 cm³/mol. The highest BCUT2D eigenvalue weighted by atomic mass is 16.5. The van der Waals surface area contributed by atoms with E-state index in [4.69, 9.17) is 9.47 Å². The van der Waals surface area contributed by atoms with Gasteiger partial charge in [-0.05, 0) is 39.0 Å². The number of rotatable bonds is 5. The van der Waals surface area contributed by atoms with Crippen molar-refractivity contribution in [2.45, 2.75) is 57.7 Å². The average Bonchev–Trinajstić information content (AvgIpc) is 2.90. The van der Waals surface area contributed by atoms with E-state index >= 15 is 0 Å². The molecule has 0 aromatic rings. The van der Waals surface area contributed by atoms with Gasteiger partial charge in [0.15, 0.2) is 0 Å². The van der Waals surface area contributed by atoms with Crippen LogP contribution in [0, 0.1) is 5.41 Å². The topological polar surface area (TPSA) is 38.7 Å². The molecule has 3 heteroatoms. The molecule has 2 saturated heterocycles. The number of ether oxygens (including phenoxy) is 2. The third-order valence-corrected chi connectivity index (χ3v) is 4.37. The zero-order valence-corrected chi connectivity index (χ0v) is 10.3. The van der Waals surface area contributed by atoms with Crippen LogP contribution < -0.4 is 0 Å². The first-order valence-electron chi connectivity index (χ1n) is 6.61. The minimum absolute atomic E-state index is 0.0264. The second-order valence-corrected chi connectivity index (χ2v) is 5.31. The summed E-state index contributed by atoms with van der Waals surface area (Å²) < 4.78 is 11.2. The molecule has 2 rings (SSSR count). The number of aliphatic hydroxyl groups is 1. The van der Waals surface area contributed by atoms with E-state index in [2.05, 4.69) is 6.92 Å². The number of hydrogen-bond donors (Lipinski definition) is 1. The van der Waals surface area contributed by atoms with Crippen LogP contribution in [-0.4, -0.2) is 37.1 Å². The van der Waals surface area contributed by atoms with Gasteiger partial charge in [-0.25, -0.2) is 0 Å². The minimum atomic E-state index is 0.0264. The fourth-order valence-electron chi connectivity index (χ4n) is 2.99. The third kappa shape index (κ3) is 2.58. The van der Waals surface area contributed by atoms with Crippen LogP contribution in [0.2, 0.25) is 0 Å². The first-order valence-corrected chi connectivity index (χ1v) is 6.61. The monoisotopic (exact) mass is 228 g/mol. The molecule has 0 spiro atoms. The van der Waals surface area contributed by atoms with E-state index < -0.39 is 0 Å². The predicted octanol–water partition coefficient (Wildman–Crippen LogP) is 2.12. The van der Waals surface area contributed by atoms with E-state index in [0.29, 0.717) is 6.10 Å². The largest absolute Gasteiger partial charge is 0.396 e. The number of hydrogen-bond acceptors (Lipinski definition) is 3. The molecule has 0 aromatic carbocycles. The van der Waals surface area contributed by atoms with Crippen molar-refractivity contribution in [1.82, 2.24) is 0 Å². The van der Waals surface area contributed by atoms with Crippen LogP contribution in [0.3, 0.4) is 0 Å². The highest BCUT2D eigenvalue weighted by Crippen LogP contribution is 2.39. The molecule has 0 saturated carbocycles. The van der Waals surface area contributed by atoms with E-state index in [1.807, 2.05) is 0 Å². The van der Waals surface area contributed by atoms with E-state index in [1.54, 1.807) is 0 Å². The molecule has 2 aliphatic heterocycles. The van der Waals surface area contributed by atoms with E-state index in [9.17, 15) is 5.11 Å². The molecule has 0 aliphatic carbocycles. The maximum Gasteiger partial charge on any atom is 0.0625 e. The molecular weight excluding hydrogens is 204 g/mol. The van der Waals surface area contributed by atoms with Gasteiger partial charge in [0.05, 0.1) is 18.8 Å². The first-order chi connectivity index (χ1) is 7.77. The fraction of sp³-hybridized carbons (Fsp3) is 1.00. The van der Waals surface area contributed by atoms with Gasteiger partial charge >= 0.3 is 0 Å². The van der Waals surface area contributed by atoms with E-state index in [1.165, 1.54) is 12.8 Å². The highest BCUT2D eigenvalue weighted by molar-refractivity contribution is 4.89. The summed E-state index contributed by atoms with van der Waals surface area (Å²) >= 11 is 0. The van der Waals surface area contributed by atoms with Crippen molar-refractivity contribution >= 4 is 0 Å². The summed E-state index contributed by atoms with van der Waals surface area (Å²) in [5.41, 5.74) is 0.0264. The van der Waals surface area contributed by atoms with Crippen molar-refractivity contribution in [3.63, 3.8) is 0 Å². The van der Waals surface area contributed by atoms with Crippen LogP contribution in [0.1, 0.15) is 45.4 Å². The Hall–Kier alpha value is -0.120. The molecule has 2 fully saturated rings. The van der Waals surface area contributed by atoms with Crippen molar-refractivity contribution in [1.29, 1.82) is 0 Å². The van der Waals surface area contributed by atoms with Gasteiger partial charge in [-0.2, -0.15) is 0 Å². The average molecular weight is 228 g/mol. The standard InChI is InChI=1S/C13H24O3/c1-11-13(10-14,7-9-15-11)6-2-4-12-5-3-8-16-12/h11-12,14H,2-10H2,1H3. The molecule has 0 aromatic heterocycles. The molecule has 16 heavy (non-hydrogen) atoms. The lowest BCUT2D eigenvalue weighted by atomic mass is 9.78. The summed E-state index contributed by atoms with van der Waals surface area (Å²) in [7, 11) is 0. The van der Waals surface area contributed by atoms with E-state index in [-0.39, 0.29) is 18.1 Å². The van der Waals surface area contributed by atoms with Crippen molar-refractivity contribution in [3.05, 3.63) is 0 Å². The molecule has 3 unspecified atom stereocenters. The van der Waals surface area contributed by atoms with Gasteiger partial charge in [0.1, 0.15) is 0 Å². The Labute approximate surface area is 98.1 Å². The lowest BCUT2D eigenvalue weighted by Crippen LogP contribution is -2.32. The summed E-state index contributed by atoms with van der Waals surface area (Å²) in [6.45, 7) is 4.10. The summed E-state index contributed by atoms with van der Waals surface area (Å²) in [5, 5.41) is 9.57. The maximum atomic E-state index is 9.57. The minimum Gasteiger partial charge on any atom is -0.396 e. The van der Waals surface area contributed by atoms with Crippen LogP contribution in [0.15, 0.2) is 0 Å². The molecule has 0 amide bonds. The Kier molecular flexibility index (Phi) is 4.22. The first kappa shape index (κ1) is 12.3. The fourth-order valence-corrected chi connectivity index (χ4v) is 2.99. The number of aliphatic hydroxyl groups excluding tert-OH is 1. The van der Waals surface area contributed by atoms with Crippen molar-refractivity contribution < 1.29 is 14.6 Å². The van der Waals surface area contributed by atoms with Gasteiger partial charge in [0.25, 0.3) is 0 Å². The molecule has 0 radical (unpaired) electrons. The second kappa shape index (κ2) is 5.48. The zero-order valence-electron chi connectivity index (χ0n) is 10.3. The lowest BCUT2D eigenvalue weighted by molar-refractivity contribution is 0.0169. The van der Waals surface area contributed by atoms with Crippen LogP contribution in [0.5, 0.6) is 0 Å². The Morgan fingerprint density at radius 3 is 2.75 bits per heavy atom. The van der Waals surface area contributed by atoms with Crippen LogP contribution >= 0.6 is 0 Å². The quantitative estimate of drug-likeness (QED) is 0.783. The van der Waals surface area contributed by atoms with Crippen molar-refractivity contribution in [2.24, 2.45) is 5.41 Å². The van der Waals surface area contributed by atoms with Crippen molar-refractivity contribution in [3.8, 4) is 0 Å². The Balaban J connectivity index is 1.74. The summed E-state index contributed by atoms with van der Waals surface area (Å²) in [4.78, 5) is 0. The molecular formula is C13H24O3. The SMILES string of the molecule is CC1OCCC1(CO)CCCC1CCCO1. The second-order valence-electron chi connectivity index (χ2n) is 5.31. The summed E-state index contributed by atoms with van der Waals surface area (Å²) in [6.07, 6.45) is 7.51. The molecule has 3 atom stereocenters. The zero-order chi connectivity index (χ0) is 11.4. The van der Waals surface area contributed by atoms with E-state index in [0.717, 1.165) is 38.9 Å². The lowest BCUT2D eigenvalue weighted by Gasteiger charge is -2.30.